The van der Waals surface area contributed by atoms with E-state index in [4.69, 9.17) is 4.74 Å². The molecule has 0 spiro atoms. The van der Waals surface area contributed by atoms with Crippen molar-refractivity contribution < 1.29 is 18.3 Å². The van der Waals surface area contributed by atoms with Gasteiger partial charge < -0.3 is 15.0 Å². The third kappa shape index (κ3) is 4.15. The molecule has 0 radical (unpaired) electrons. The van der Waals surface area contributed by atoms with Crippen molar-refractivity contribution in [3.8, 4) is 0 Å². The van der Waals surface area contributed by atoms with Crippen molar-refractivity contribution in [1.29, 1.82) is 0 Å². The first-order valence-electron chi connectivity index (χ1n) is 9.66. The number of aromatic amines is 1. The summed E-state index contributed by atoms with van der Waals surface area (Å²) in [4.78, 5) is 20.7. The van der Waals surface area contributed by atoms with Crippen LogP contribution >= 0.6 is 0 Å². The number of benzene rings is 2. The zero-order valence-corrected chi connectivity index (χ0v) is 16.2. The van der Waals surface area contributed by atoms with Gasteiger partial charge in [-0.25, -0.2) is 13.8 Å². The number of aromatic nitrogens is 2. The third-order valence-electron chi connectivity index (χ3n) is 5.59. The number of alkyl halides is 2. The summed E-state index contributed by atoms with van der Waals surface area (Å²) in [5.41, 5.74) is 2.25. The monoisotopic (exact) mass is 399 g/mol. The molecule has 3 aromatic rings. The number of rotatable bonds is 5. The van der Waals surface area contributed by atoms with Gasteiger partial charge in [0.2, 0.25) is 5.92 Å². The molecule has 4 rings (SSSR count). The van der Waals surface area contributed by atoms with E-state index in [1.54, 1.807) is 6.07 Å². The lowest BCUT2D eigenvalue weighted by Crippen LogP contribution is -2.49. The first kappa shape index (κ1) is 19.5. The van der Waals surface area contributed by atoms with E-state index in [0.717, 1.165) is 22.4 Å². The molecular formula is C22H23F2N3O2. The van der Waals surface area contributed by atoms with Crippen LogP contribution in [-0.2, 0) is 16.0 Å². The highest BCUT2D eigenvalue weighted by molar-refractivity contribution is 5.97. The van der Waals surface area contributed by atoms with Crippen molar-refractivity contribution in [1.82, 2.24) is 9.97 Å². The fraction of sp³-hybridized carbons (Fsp3) is 0.364. The molecule has 0 atom stereocenters. The molecule has 152 valence electrons. The van der Waals surface area contributed by atoms with Crippen molar-refractivity contribution in [2.24, 2.45) is 0 Å². The summed E-state index contributed by atoms with van der Waals surface area (Å²) in [6.45, 7) is 0. The maximum Gasteiger partial charge on any atom is 0.256 e. The van der Waals surface area contributed by atoms with Crippen molar-refractivity contribution >= 4 is 22.6 Å². The van der Waals surface area contributed by atoms with Gasteiger partial charge in [0.1, 0.15) is 11.4 Å². The number of nitrogens with zero attached hydrogens (tertiary/aromatic N) is 1. The second kappa shape index (κ2) is 7.55. The first-order chi connectivity index (χ1) is 13.9. The zero-order valence-electron chi connectivity index (χ0n) is 16.2. The number of carbonyl (C=O) groups is 1. The molecule has 2 aromatic carbocycles. The van der Waals surface area contributed by atoms with Gasteiger partial charge in [0.25, 0.3) is 5.91 Å². The van der Waals surface area contributed by atoms with E-state index >= 15 is 0 Å². The van der Waals surface area contributed by atoms with Crippen molar-refractivity contribution in [2.45, 2.75) is 43.6 Å². The second-order valence-corrected chi connectivity index (χ2v) is 7.59. The average molecular weight is 399 g/mol. The molecule has 0 bridgehead atoms. The van der Waals surface area contributed by atoms with Gasteiger partial charge in [0, 0.05) is 32.1 Å². The molecule has 1 amide bonds. The predicted molar refractivity (Wildman–Crippen MR) is 107 cm³/mol. The van der Waals surface area contributed by atoms with Crippen LogP contribution in [0.4, 0.5) is 14.5 Å². The molecular weight excluding hydrogens is 376 g/mol. The Balaban J connectivity index is 1.47. The summed E-state index contributed by atoms with van der Waals surface area (Å²) < 4.78 is 32.4. The Kier molecular flexibility index (Phi) is 5.08. The van der Waals surface area contributed by atoms with E-state index < -0.39 is 11.5 Å². The minimum atomic E-state index is -2.73. The Bertz CT molecular complexity index is 989. The Labute approximate surface area is 167 Å². The highest BCUT2D eigenvalue weighted by Crippen LogP contribution is 2.40. The normalized spacial score (nSPS) is 17.9. The number of ether oxygens (including phenoxy) is 1. The Morgan fingerprint density at radius 1 is 1.14 bits per heavy atom. The number of methoxy groups -OCH3 is 1. The summed E-state index contributed by atoms with van der Waals surface area (Å²) in [6.07, 6.45) is -0.108. The molecule has 0 aliphatic heterocycles. The molecule has 0 unspecified atom stereocenters. The predicted octanol–water partition coefficient (Wildman–Crippen LogP) is 4.69. The van der Waals surface area contributed by atoms with Crippen LogP contribution in [0.15, 0.2) is 48.5 Å². The Morgan fingerprint density at radius 2 is 1.90 bits per heavy atom. The van der Waals surface area contributed by atoms with E-state index in [1.165, 1.54) is 7.11 Å². The molecule has 1 fully saturated rings. The molecule has 2 N–H and O–H groups in total. The number of hydrogen-bond donors (Lipinski definition) is 2. The minimum absolute atomic E-state index is 0.00100. The maximum absolute atomic E-state index is 13.5. The van der Waals surface area contributed by atoms with E-state index in [0.29, 0.717) is 12.1 Å². The smallest absolute Gasteiger partial charge is 0.256 e. The zero-order chi connectivity index (χ0) is 20.5. The minimum Gasteiger partial charge on any atom is -0.368 e. The number of halogens is 2. The number of carbonyl (C=O) groups excluding carboxylic acids is 1. The fourth-order valence-corrected chi connectivity index (χ4v) is 3.83. The topological polar surface area (TPSA) is 67.0 Å². The SMILES string of the molecule is COC1(C(=O)Nc2cccc(Cc3nc4ccccc4[nH]3)c2)CCC(F)(F)CC1. The fourth-order valence-electron chi connectivity index (χ4n) is 3.83. The van der Waals surface area contributed by atoms with Crippen LogP contribution in [0, 0.1) is 0 Å². The number of anilines is 1. The Morgan fingerprint density at radius 3 is 2.62 bits per heavy atom. The Hall–Kier alpha value is -2.80. The van der Waals surface area contributed by atoms with Gasteiger partial charge in [0.15, 0.2) is 0 Å². The highest BCUT2D eigenvalue weighted by Gasteiger charge is 2.48. The van der Waals surface area contributed by atoms with Gasteiger partial charge in [-0.05, 0) is 42.7 Å². The molecule has 1 heterocycles. The lowest BCUT2D eigenvalue weighted by atomic mass is 9.81. The van der Waals surface area contributed by atoms with Crippen LogP contribution in [0.5, 0.6) is 0 Å². The summed E-state index contributed by atoms with van der Waals surface area (Å²) in [6, 6.07) is 15.3. The third-order valence-corrected chi connectivity index (χ3v) is 5.59. The van der Waals surface area contributed by atoms with Crippen molar-refractivity contribution in [2.75, 3.05) is 12.4 Å². The molecule has 5 nitrogen and oxygen atoms in total. The molecule has 29 heavy (non-hydrogen) atoms. The van der Waals surface area contributed by atoms with Gasteiger partial charge in [-0.1, -0.05) is 24.3 Å². The van der Waals surface area contributed by atoms with Crippen LogP contribution in [0.3, 0.4) is 0 Å². The summed E-state index contributed by atoms with van der Waals surface area (Å²) in [5, 5.41) is 2.84. The van der Waals surface area contributed by atoms with E-state index in [2.05, 4.69) is 15.3 Å². The molecule has 1 aromatic heterocycles. The lowest BCUT2D eigenvalue weighted by molar-refractivity contribution is -0.154. The number of amides is 1. The van der Waals surface area contributed by atoms with Gasteiger partial charge in [-0.3, -0.25) is 4.79 Å². The van der Waals surface area contributed by atoms with Crippen LogP contribution in [0.1, 0.15) is 37.1 Å². The number of para-hydroxylation sites is 2. The first-order valence-corrected chi connectivity index (χ1v) is 9.66. The second-order valence-electron chi connectivity index (χ2n) is 7.59. The standard InChI is InChI=1S/C22H23F2N3O2/c1-29-21(9-11-22(23,24)12-10-21)20(28)25-16-6-4-5-15(13-16)14-19-26-17-7-2-3-8-18(17)27-19/h2-8,13H,9-12,14H2,1H3,(H,25,28)(H,26,27). The van der Waals surface area contributed by atoms with Crippen molar-refractivity contribution in [3.05, 3.63) is 59.9 Å². The number of H-pyrrole nitrogens is 1. The lowest BCUT2D eigenvalue weighted by Gasteiger charge is -2.37. The van der Waals surface area contributed by atoms with Gasteiger partial charge in [-0.15, -0.1) is 0 Å². The van der Waals surface area contributed by atoms with E-state index in [1.807, 2.05) is 42.5 Å². The maximum atomic E-state index is 13.5. The van der Waals surface area contributed by atoms with Crippen LogP contribution in [0.2, 0.25) is 0 Å². The van der Waals surface area contributed by atoms with Gasteiger partial charge >= 0.3 is 0 Å². The average Bonchev–Trinajstić information content (AvgIpc) is 3.11. The number of hydrogen-bond acceptors (Lipinski definition) is 3. The van der Waals surface area contributed by atoms with Gasteiger partial charge in [0.05, 0.1) is 11.0 Å². The van der Waals surface area contributed by atoms with E-state index in [-0.39, 0.29) is 31.6 Å². The number of nitrogens with one attached hydrogen (secondary N) is 2. The molecule has 1 saturated carbocycles. The van der Waals surface area contributed by atoms with Gasteiger partial charge in [-0.2, -0.15) is 0 Å². The summed E-state index contributed by atoms with van der Waals surface area (Å²) >= 11 is 0. The molecule has 1 aliphatic rings. The molecule has 7 heteroatoms. The number of imidazole rings is 1. The highest BCUT2D eigenvalue weighted by atomic mass is 19.3. The largest absolute Gasteiger partial charge is 0.368 e. The van der Waals surface area contributed by atoms with Crippen LogP contribution in [-0.4, -0.2) is 34.5 Å². The number of fused-ring (bicyclic) bond motifs is 1. The molecule has 0 saturated heterocycles. The summed E-state index contributed by atoms with van der Waals surface area (Å²) in [5.74, 6) is -2.27. The summed E-state index contributed by atoms with van der Waals surface area (Å²) in [7, 11) is 1.40. The van der Waals surface area contributed by atoms with Crippen LogP contribution in [0.25, 0.3) is 11.0 Å². The van der Waals surface area contributed by atoms with Crippen LogP contribution < -0.4 is 5.32 Å². The quantitative estimate of drug-likeness (QED) is 0.654. The van der Waals surface area contributed by atoms with Crippen molar-refractivity contribution in [3.63, 3.8) is 0 Å². The molecule has 1 aliphatic carbocycles. The van der Waals surface area contributed by atoms with E-state index in [9.17, 15) is 13.6 Å².